The number of piperidine rings is 1. The van der Waals surface area contributed by atoms with Gasteiger partial charge in [-0.2, -0.15) is 0 Å². The first-order chi connectivity index (χ1) is 14.9. The Morgan fingerprint density at radius 1 is 0.903 bits per heavy atom. The monoisotopic (exact) mass is 414 g/mol. The molecule has 0 aromatic heterocycles. The lowest BCUT2D eigenvalue weighted by Crippen LogP contribution is -2.38. The van der Waals surface area contributed by atoms with E-state index in [9.17, 15) is 4.79 Å². The van der Waals surface area contributed by atoms with E-state index in [1.807, 2.05) is 0 Å². The molecule has 0 saturated carbocycles. The van der Waals surface area contributed by atoms with E-state index in [-0.39, 0.29) is 11.3 Å². The first kappa shape index (κ1) is 21.6. The minimum atomic E-state index is 0.245. The number of carbonyl (C=O) groups excluding carboxylic acids is 1. The van der Waals surface area contributed by atoms with Crippen molar-refractivity contribution in [1.82, 2.24) is 10.2 Å². The summed E-state index contributed by atoms with van der Waals surface area (Å²) < 4.78 is 0. The summed E-state index contributed by atoms with van der Waals surface area (Å²) in [6, 6.07) is 17.3. The van der Waals surface area contributed by atoms with Gasteiger partial charge in [0.25, 0.3) is 0 Å². The molecular weight excluding hydrogens is 380 g/mol. The smallest absolute Gasteiger partial charge is 0.223 e. The van der Waals surface area contributed by atoms with Crippen molar-refractivity contribution < 1.29 is 4.79 Å². The molecule has 2 aromatic carbocycles. The fourth-order valence-electron chi connectivity index (χ4n) is 4.54. The molecule has 1 amide bonds. The highest BCUT2D eigenvalue weighted by atomic mass is 16.2. The van der Waals surface area contributed by atoms with Crippen molar-refractivity contribution in [3.8, 4) is 0 Å². The molecule has 1 heterocycles. The molecule has 1 aliphatic heterocycles. The topological polar surface area (TPSA) is 32.3 Å². The van der Waals surface area contributed by atoms with Gasteiger partial charge in [-0.3, -0.25) is 4.79 Å². The number of rotatable bonds is 4. The number of hydrogen-bond donors (Lipinski definition) is 1. The Kier molecular flexibility index (Phi) is 6.43. The van der Waals surface area contributed by atoms with Gasteiger partial charge >= 0.3 is 0 Å². The first-order valence-electron chi connectivity index (χ1n) is 11.5. The summed E-state index contributed by atoms with van der Waals surface area (Å²) in [5.74, 6) is 0.272. The third-order valence-electron chi connectivity index (χ3n) is 6.15. The molecule has 162 valence electrons. The zero-order valence-corrected chi connectivity index (χ0v) is 19.1. The van der Waals surface area contributed by atoms with Gasteiger partial charge in [0.1, 0.15) is 0 Å². The van der Waals surface area contributed by atoms with Crippen molar-refractivity contribution in [2.45, 2.75) is 40.0 Å². The van der Waals surface area contributed by atoms with Crippen LogP contribution in [0.15, 0.2) is 54.1 Å². The molecule has 0 unspecified atom stereocenters. The molecule has 1 N–H and O–H groups in total. The molecule has 3 nitrogen and oxygen atoms in total. The average Bonchev–Trinajstić information content (AvgIpc) is 2.93. The third kappa shape index (κ3) is 5.16. The first-order valence-corrected chi connectivity index (χ1v) is 11.5. The number of carbonyl (C=O) groups is 1. The van der Waals surface area contributed by atoms with E-state index in [0.717, 1.165) is 39.0 Å². The lowest BCUT2D eigenvalue weighted by molar-refractivity contribution is -0.131. The summed E-state index contributed by atoms with van der Waals surface area (Å²) in [5, 5.41) is 3.42. The van der Waals surface area contributed by atoms with Gasteiger partial charge in [-0.25, -0.2) is 0 Å². The molecular formula is C28H34N2O. The highest BCUT2D eigenvalue weighted by molar-refractivity contribution is 5.95. The minimum absolute atomic E-state index is 0.245. The van der Waals surface area contributed by atoms with Crippen LogP contribution in [-0.2, 0) is 4.79 Å². The Morgan fingerprint density at radius 3 is 2.00 bits per heavy atom. The number of hydrogen-bond acceptors (Lipinski definition) is 2. The quantitative estimate of drug-likeness (QED) is 0.562. The second-order valence-electron chi connectivity index (χ2n) is 9.85. The average molecular weight is 415 g/mol. The maximum Gasteiger partial charge on any atom is 0.223 e. The van der Waals surface area contributed by atoms with E-state index in [1.54, 1.807) is 0 Å². The summed E-state index contributed by atoms with van der Waals surface area (Å²) >= 11 is 0. The molecule has 0 spiro atoms. The van der Waals surface area contributed by atoms with Crippen molar-refractivity contribution in [3.63, 3.8) is 0 Å². The van der Waals surface area contributed by atoms with Crippen LogP contribution in [-0.4, -0.2) is 37.0 Å². The largest absolute Gasteiger partial charge is 0.342 e. The van der Waals surface area contributed by atoms with Crippen molar-refractivity contribution in [2.75, 3.05) is 26.2 Å². The van der Waals surface area contributed by atoms with Gasteiger partial charge < -0.3 is 10.2 Å². The molecule has 1 aliphatic carbocycles. The molecule has 0 bridgehead atoms. The number of benzene rings is 2. The molecule has 0 atom stereocenters. The van der Waals surface area contributed by atoms with E-state index < -0.39 is 0 Å². The van der Waals surface area contributed by atoms with Crippen LogP contribution in [0.1, 0.15) is 62.3 Å². The number of amides is 1. The summed E-state index contributed by atoms with van der Waals surface area (Å²) in [5.41, 5.74) is 8.24. The maximum absolute atomic E-state index is 12.7. The van der Waals surface area contributed by atoms with Crippen LogP contribution >= 0.6 is 0 Å². The van der Waals surface area contributed by atoms with Crippen molar-refractivity contribution in [3.05, 3.63) is 76.4 Å². The van der Waals surface area contributed by atoms with Crippen LogP contribution < -0.4 is 5.32 Å². The van der Waals surface area contributed by atoms with E-state index in [0.29, 0.717) is 6.42 Å². The molecule has 31 heavy (non-hydrogen) atoms. The highest BCUT2D eigenvalue weighted by Crippen LogP contribution is 2.38. The summed E-state index contributed by atoms with van der Waals surface area (Å²) in [6.07, 6.45) is 6.92. The summed E-state index contributed by atoms with van der Waals surface area (Å²) in [4.78, 5) is 14.8. The molecule has 0 radical (unpaired) electrons. The second-order valence-corrected chi connectivity index (χ2v) is 9.85. The van der Waals surface area contributed by atoms with Gasteiger partial charge in [0.2, 0.25) is 5.91 Å². The molecule has 2 aromatic rings. The molecule has 4 rings (SSSR count). The van der Waals surface area contributed by atoms with Crippen molar-refractivity contribution >= 4 is 23.6 Å². The third-order valence-corrected chi connectivity index (χ3v) is 6.15. The Bertz CT molecular complexity index is 948. The van der Waals surface area contributed by atoms with Gasteiger partial charge in [-0.1, -0.05) is 87.0 Å². The molecule has 2 aliphatic rings. The predicted octanol–water partition coefficient (Wildman–Crippen LogP) is 5.62. The summed E-state index contributed by atoms with van der Waals surface area (Å²) in [6.45, 7) is 9.95. The van der Waals surface area contributed by atoms with E-state index >= 15 is 0 Å². The number of likely N-dealkylation sites (tertiary alicyclic amines) is 1. The Labute approximate surface area is 186 Å². The number of fused-ring (bicyclic) bond motifs is 2. The van der Waals surface area contributed by atoms with Crippen LogP contribution in [0.5, 0.6) is 0 Å². The van der Waals surface area contributed by atoms with Crippen LogP contribution in [0.3, 0.4) is 0 Å². The zero-order valence-electron chi connectivity index (χ0n) is 19.1. The van der Waals surface area contributed by atoms with Crippen LogP contribution in [0.25, 0.3) is 17.7 Å². The van der Waals surface area contributed by atoms with E-state index in [2.05, 4.69) is 91.7 Å². The number of nitrogens with one attached hydrogen (secondary N) is 1. The van der Waals surface area contributed by atoms with Gasteiger partial charge in [-0.15, -0.1) is 0 Å². The molecule has 1 saturated heterocycles. The fraction of sp³-hybridized carbons (Fsp3) is 0.393. The SMILES string of the molecule is CC(C)(C)CNCCC(=O)N1CCC(=C2c3ccccc3C=Cc3ccccc32)CC1. The van der Waals surface area contributed by atoms with Crippen LogP contribution in [0.2, 0.25) is 0 Å². The van der Waals surface area contributed by atoms with Gasteiger partial charge in [0.15, 0.2) is 0 Å². The Balaban J connectivity index is 1.49. The predicted molar refractivity (Wildman–Crippen MR) is 131 cm³/mol. The van der Waals surface area contributed by atoms with E-state index in [1.165, 1.54) is 33.4 Å². The van der Waals surface area contributed by atoms with E-state index in [4.69, 9.17) is 0 Å². The lowest BCUT2D eigenvalue weighted by Gasteiger charge is -2.31. The van der Waals surface area contributed by atoms with Crippen molar-refractivity contribution in [2.24, 2.45) is 5.41 Å². The normalized spacial score (nSPS) is 16.0. The zero-order chi connectivity index (χ0) is 21.8. The Morgan fingerprint density at radius 2 is 1.45 bits per heavy atom. The highest BCUT2D eigenvalue weighted by Gasteiger charge is 2.24. The van der Waals surface area contributed by atoms with Gasteiger partial charge in [0.05, 0.1) is 0 Å². The number of nitrogens with zero attached hydrogens (tertiary/aromatic N) is 1. The molecule has 1 fully saturated rings. The Hall–Kier alpha value is -2.65. The summed E-state index contributed by atoms with van der Waals surface area (Å²) in [7, 11) is 0. The minimum Gasteiger partial charge on any atom is -0.342 e. The fourth-order valence-corrected chi connectivity index (χ4v) is 4.54. The standard InChI is InChI=1S/C28H34N2O/c1-28(2,3)20-29-17-14-26(31)30-18-15-23(16-19-30)27-24-10-6-4-8-21(24)12-13-22-9-5-7-11-25(22)27/h4-13,29H,14-20H2,1-3H3. The lowest BCUT2D eigenvalue weighted by atomic mass is 9.86. The van der Waals surface area contributed by atoms with Gasteiger partial charge in [-0.05, 0) is 46.1 Å². The van der Waals surface area contributed by atoms with Gasteiger partial charge in [0, 0.05) is 32.6 Å². The van der Waals surface area contributed by atoms with Crippen LogP contribution in [0.4, 0.5) is 0 Å². The second kappa shape index (κ2) is 9.23. The molecule has 3 heteroatoms. The van der Waals surface area contributed by atoms with Crippen molar-refractivity contribution in [1.29, 1.82) is 0 Å². The maximum atomic E-state index is 12.7. The van der Waals surface area contributed by atoms with Crippen LogP contribution in [0, 0.1) is 5.41 Å².